The average Bonchev–Trinajstić information content (AvgIpc) is 2.53. The Morgan fingerprint density at radius 2 is 2.05 bits per heavy atom. The molecule has 1 heterocycles. The predicted molar refractivity (Wildman–Crippen MR) is 78.8 cm³/mol. The molecule has 0 aliphatic carbocycles. The van der Waals surface area contributed by atoms with Gasteiger partial charge in [0.2, 0.25) is 0 Å². The van der Waals surface area contributed by atoms with Gasteiger partial charge < -0.3 is 21.0 Å². The molecule has 0 amide bonds. The van der Waals surface area contributed by atoms with Gasteiger partial charge in [0.25, 0.3) is 0 Å². The van der Waals surface area contributed by atoms with Crippen molar-refractivity contribution < 1.29 is 9.94 Å². The Hall–Kier alpha value is -1.59. The highest BCUT2D eigenvalue weighted by Crippen LogP contribution is 2.18. The van der Waals surface area contributed by atoms with Gasteiger partial charge in [-0.25, -0.2) is 0 Å². The van der Waals surface area contributed by atoms with Crippen LogP contribution in [0.25, 0.3) is 0 Å². The van der Waals surface area contributed by atoms with Crippen LogP contribution < -0.4 is 11.1 Å². The van der Waals surface area contributed by atoms with Crippen molar-refractivity contribution in [2.45, 2.75) is 32.4 Å². The zero-order chi connectivity index (χ0) is 14.4. The topological polar surface area (TPSA) is 79.9 Å². The van der Waals surface area contributed by atoms with Gasteiger partial charge in [0.05, 0.1) is 0 Å². The molecule has 1 aromatic rings. The molecule has 1 aliphatic heterocycles. The van der Waals surface area contributed by atoms with Gasteiger partial charge in [-0.1, -0.05) is 29.4 Å². The van der Waals surface area contributed by atoms with Crippen LogP contribution in [0.2, 0.25) is 0 Å². The van der Waals surface area contributed by atoms with Crippen molar-refractivity contribution in [1.82, 2.24) is 5.32 Å². The third-order valence-corrected chi connectivity index (χ3v) is 3.96. The molecule has 0 aromatic heterocycles. The molecule has 2 rings (SSSR count). The summed E-state index contributed by atoms with van der Waals surface area (Å²) in [4.78, 5) is 0. The van der Waals surface area contributed by atoms with E-state index in [1.165, 1.54) is 5.56 Å². The van der Waals surface area contributed by atoms with Crippen LogP contribution in [-0.4, -0.2) is 30.3 Å². The van der Waals surface area contributed by atoms with Gasteiger partial charge in [-0.15, -0.1) is 0 Å². The highest BCUT2D eigenvalue weighted by atomic mass is 16.5. The van der Waals surface area contributed by atoms with E-state index in [2.05, 4.69) is 17.4 Å². The summed E-state index contributed by atoms with van der Waals surface area (Å²) in [6.07, 6.45) is 2.27. The van der Waals surface area contributed by atoms with E-state index in [1.807, 2.05) is 24.3 Å². The third-order valence-electron chi connectivity index (χ3n) is 3.96. The molecule has 1 aliphatic rings. The number of ether oxygens (including phenoxy) is 1. The molecule has 4 N–H and O–H groups in total. The molecule has 1 aromatic carbocycles. The number of nitrogens with zero attached hydrogens (tertiary/aromatic N) is 1. The number of hydrogen-bond acceptors (Lipinski definition) is 4. The van der Waals surface area contributed by atoms with E-state index in [9.17, 15) is 0 Å². The Balaban J connectivity index is 1.84. The van der Waals surface area contributed by atoms with Gasteiger partial charge in [0.1, 0.15) is 0 Å². The van der Waals surface area contributed by atoms with Crippen LogP contribution in [0.3, 0.4) is 0 Å². The van der Waals surface area contributed by atoms with E-state index in [1.54, 1.807) is 0 Å². The molecule has 1 saturated heterocycles. The number of hydrogen-bond donors (Lipinski definition) is 3. The molecular formula is C15H23N3O2. The fraction of sp³-hybridized carbons (Fsp3) is 0.533. The highest BCUT2D eigenvalue weighted by Gasteiger charge is 2.19. The second kappa shape index (κ2) is 7.26. The Morgan fingerprint density at radius 3 is 2.65 bits per heavy atom. The molecule has 110 valence electrons. The minimum atomic E-state index is 0.139. The zero-order valence-electron chi connectivity index (χ0n) is 11.9. The summed E-state index contributed by atoms with van der Waals surface area (Å²) in [6.45, 7) is 4.83. The fourth-order valence-electron chi connectivity index (χ4n) is 2.51. The summed E-state index contributed by atoms with van der Waals surface area (Å²) in [5.41, 5.74) is 7.46. The fourth-order valence-corrected chi connectivity index (χ4v) is 2.51. The van der Waals surface area contributed by atoms with Gasteiger partial charge in [-0.2, -0.15) is 0 Å². The van der Waals surface area contributed by atoms with Crippen molar-refractivity contribution in [2.75, 3.05) is 13.2 Å². The molecular weight excluding hydrogens is 254 g/mol. The van der Waals surface area contributed by atoms with E-state index in [-0.39, 0.29) is 5.84 Å². The van der Waals surface area contributed by atoms with Crippen LogP contribution in [0.5, 0.6) is 0 Å². The molecule has 1 atom stereocenters. The summed E-state index contributed by atoms with van der Waals surface area (Å²) in [5, 5.41) is 15.2. The maximum atomic E-state index is 8.62. The number of amidine groups is 1. The van der Waals surface area contributed by atoms with E-state index in [0.717, 1.165) is 38.2 Å². The molecule has 5 heteroatoms. The molecule has 0 radical (unpaired) electrons. The van der Waals surface area contributed by atoms with Crippen LogP contribution in [0.4, 0.5) is 0 Å². The number of oxime groups is 1. The maximum Gasteiger partial charge on any atom is 0.170 e. The largest absolute Gasteiger partial charge is 0.409 e. The standard InChI is InChI=1S/C15H23N3O2/c1-11(13-6-8-20-9-7-13)17-10-12-2-4-14(5-3-12)15(16)18-19/h2-5,11,13,17,19H,6-10H2,1H3,(H2,16,18). The van der Waals surface area contributed by atoms with Crippen LogP contribution in [-0.2, 0) is 11.3 Å². The van der Waals surface area contributed by atoms with Gasteiger partial charge in [0, 0.05) is 31.4 Å². The van der Waals surface area contributed by atoms with Crippen LogP contribution in [0.15, 0.2) is 29.4 Å². The maximum absolute atomic E-state index is 8.62. The number of rotatable bonds is 5. The quantitative estimate of drug-likeness (QED) is 0.331. The first kappa shape index (κ1) is 14.8. The summed E-state index contributed by atoms with van der Waals surface area (Å²) in [5.74, 6) is 0.834. The van der Waals surface area contributed by atoms with Crippen molar-refractivity contribution in [3.05, 3.63) is 35.4 Å². The Kier molecular flexibility index (Phi) is 5.38. The lowest BCUT2D eigenvalue weighted by atomic mass is 9.93. The number of nitrogens with two attached hydrogens (primary N) is 1. The number of nitrogens with one attached hydrogen (secondary N) is 1. The Morgan fingerprint density at radius 1 is 1.40 bits per heavy atom. The van der Waals surface area contributed by atoms with E-state index >= 15 is 0 Å². The van der Waals surface area contributed by atoms with Crippen molar-refractivity contribution in [2.24, 2.45) is 16.8 Å². The lowest BCUT2D eigenvalue weighted by molar-refractivity contribution is 0.0558. The molecule has 0 bridgehead atoms. The van der Waals surface area contributed by atoms with Crippen molar-refractivity contribution in [3.63, 3.8) is 0 Å². The molecule has 0 spiro atoms. The minimum Gasteiger partial charge on any atom is -0.409 e. The van der Waals surface area contributed by atoms with E-state index in [0.29, 0.717) is 12.0 Å². The molecule has 0 saturated carbocycles. The second-order valence-electron chi connectivity index (χ2n) is 5.30. The highest BCUT2D eigenvalue weighted by molar-refractivity contribution is 5.96. The van der Waals surface area contributed by atoms with E-state index in [4.69, 9.17) is 15.7 Å². The average molecular weight is 277 g/mol. The Bertz CT molecular complexity index is 439. The van der Waals surface area contributed by atoms with Crippen LogP contribution in [0, 0.1) is 5.92 Å². The van der Waals surface area contributed by atoms with Crippen LogP contribution in [0.1, 0.15) is 30.9 Å². The van der Waals surface area contributed by atoms with Gasteiger partial charge >= 0.3 is 0 Å². The van der Waals surface area contributed by atoms with E-state index < -0.39 is 0 Å². The second-order valence-corrected chi connectivity index (χ2v) is 5.30. The van der Waals surface area contributed by atoms with Crippen molar-refractivity contribution in [1.29, 1.82) is 0 Å². The first-order valence-electron chi connectivity index (χ1n) is 7.08. The normalized spacial score (nSPS) is 18.9. The van der Waals surface area contributed by atoms with Gasteiger partial charge in [-0.05, 0) is 31.2 Å². The first-order chi connectivity index (χ1) is 9.70. The molecule has 5 nitrogen and oxygen atoms in total. The van der Waals surface area contributed by atoms with Gasteiger partial charge in [0.15, 0.2) is 5.84 Å². The monoisotopic (exact) mass is 277 g/mol. The summed E-state index contributed by atoms with van der Waals surface area (Å²) in [7, 11) is 0. The van der Waals surface area contributed by atoms with Crippen LogP contribution >= 0.6 is 0 Å². The lowest BCUT2D eigenvalue weighted by Gasteiger charge is -2.28. The predicted octanol–water partition coefficient (Wildman–Crippen LogP) is 1.69. The van der Waals surface area contributed by atoms with Crippen molar-refractivity contribution in [3.8, 4) is 0 Å². The van der Waals surface area contributed by atoms with Gasteiger partial charge in [-0.3, -0.25) is 0 Å². The molecule has 1 unspecified atom stereocenters. The zero-order valence-corrected chi connectivity index (χ0v) is 11.9. The Labute approximate surface area is 119 Å². The summed E-state index contributed by atoms with van der Waals surface area (Å²) >= 11 is 0. The minimum absolute atomic E-state index is 0.139. The SMILES string of the molecule is CC(NCc1ccc(/C(N)=N/O)cc1)C1CCOCC1. The summed E-state index contributed by atoms with van der Waals surface area (Å²) in [6, 6.07) is 8.22. The third kappa shape index (κ3) is 3.95. The first-order valence-corrected chi connectivity index (χ1v) is 7.08. The number of benzene rings is 1. The summed E-state index contributed by atoms with van der Waals surface area (Å²) < 4.78 is 5.39. The lowest BCUT2D eigenvalue weighted by Crippen LogP contribution is -2.36. The molecule has 20 heavy (non-hydrogen) atoms. The smallest absolute Gasteiger partial charge is 0.170 e. The van der Waals surface area contributed by atoms with Crippen molar-refractivity contribution >= 4 is 5.84 Å². The molecule has 1 fully saturated rings.